The van der Waals surface area contributed by atoms with E-state index < -0.39 is 0 Å². The van der Waals surface area contributed by atoms with Gasteiger partial charge in [0, 0.05) is 29.1 Å². The van der Waals surface area contributed by atoms with Crippen LogP contribution in [0.2, 0.25) is 10.0 Å². The van der Waals surface area contributed by atoms with Crippen LogP contribution >= 0.6 is 23.2 Å². The van der Waals surface area contributed by atoms with Crippen molar-refractivity contribution in [2.45, 2.75) is 31.7 Å². The smallest absolute Gasteiger partial charge is 0.239 e. The molecule has 1 N–H and O–H groups in total. The number of carbonyl (C=O) groups is 1. The molecule has 6 nitrogen and oxygen atoms in total. The van der Waals surface area contributed by atoms with Gasteiger partial charge in [0.1, 0.15) is 6.07 Å². The van der Waals surface area contributed by atoms with Gasteiger partial charge in [-0.15, -0.1) is 0 Å². The Hall–Kier alpha value is -3.11. The lowest BCUT2D eigenvalue weighted by Crippen LogP contribution is -2.49. The number of rotatable bonds is 4. The van der Waals surface area contributed by atoms with E-state index in [1.807, 2.05) is 23.1 Å². The van der Waals surface area contributed by atoms with E-state index in [0.717, 1.165) is 48.7 Å². The fourth-order valence-corrected chi connectivity index (χ4v) is 5.37. The minimum absolute atomic E-state index is 0.0560. The lowest BCUT2D eigenvalue weighted by molar-refractivity contribution is -0.133. The summed E-state index contributed by atoms with van der Waals surface area (Å²) in [7, 11) is 0. The van der Waals surface area contributed by atoms with E-state index in [4.69, 9.17) is 23.2 Å². The number of aromatic nitrogens is 2. The van der Waals surface area contributed by atoms with Gasteiger partial charge < -0.3 is 10.2 Å². The summed E-state index contributed by atoms with van der Waals surface area (Å²) in [5, 5.41) is 19.3. The SMILES string of the molecule is C=C(c1ccc(Cl)cc1Cl)n1nc(C#N)c2ccc(C3=CCN(C(=O)C4CCCCN4)CC3)cc21. The Balaban J connectivity index is 1.44. The van der Waals surface area contributed by atoms with Crippen LogP contribution in [0.3, 0.4) is 0 Å². The Labute approximate surface area is 214 Å². The molecule has 1 atom stereocenters. The summed E-state index contributed by atoms with van der Waals surface area (Å²) in [4.78, 5) is 14.8. The molecule has 178 valence electrons. The molecule has 3 heterocycles. The van der Waals surface area contributed by atoms with Crippen LogP contribution in [0.15, 0.2) is 49.1 Å². The number of piperidine rings is 1. The zero-order chi connectivity index (χ0) is 24.5. The number of hydrogen-bond acceptors (Lipinski definition) is 4. The van der Waals surface area contributed by atoms with E-state index in [1.54, 1.807) is 22.9 Å². The van der Waals surface area contributed by atoms with Crippen molar-refractivity contribution in [1.82, 2.24) is 20.0 Å². The van der Waals surface area contributed by atoms with Gasteiger partial charge in [-0.1, -0.05) is 48.3 Å². The summed E-state index contributed by atoms with van der Waals surface area (Å²) in [6, 6.07) is 13.3. The number of nitriles is 1. The van der Waals surface area contributed by atoms with E-state index in [0.29, 0.717) is 40.1 Å². The van der Waals surface area contributed by atoms with Crippen molar-refractivity contribution < 1.29 is 4.79 Å². The molecule has 0 aliphatic carbocycles. The highest BCUT2D eigenvalue weighted by atomic mass is 35.5. The molecule has 0 radical (unpaired) electrons. The molecule has 1 fully saturated rings. The van der Waals surface area contributed by atoms with E-state index in [-0.39, 0.29) is 11.9 Å². The number of carbonyl (C=O) groups excluding carboxylic acids is 1. The van der Waals surface area contributed by atoms with Crippen LogP contribution in [0, 0.1) is 11.3 Å². The van der Waals surface area contributed by atoms with Crippen LogP contribution < -0.4 is 5.32 Å². The molecule has 35 heavy (non-hydrogen) atoms. The maximum Gasteiger partial charge on any atom is 0.239 e. The van der Waals surface area contributed by atoms with Crippen LogP contribution in [0.1, 0.15) is 42.5 Å². The Kier molecular flexibility index (Phi) is 6.66. The van der Waals surface area contributed by atoms with Gasteiger partial charge in [-0.2, -0.15) is 10.4 Å². The van der Waals surface area contributed by atoms with Crippen LogP contribution in [-0.4, -0.2) is 46.3 Å². The lowest BCUT2D eigenvalue weighted by Gasteiger charge is -2.32. The van der Waals surface area contributed by atoms with Gasteiger partial charge in [0.2, 0.25) is 5.91 Å². The minimum Gasteiger partial charge on any atom is -0.337 e. The molecule has 0 bridgehead atoms. The van der Waals surface area contributed by atoms with E-state index in [2.05, 4.69) is 29.1 Å². The zero-order valence-corrected chi connectivity index (χ0v) is 20.7. The van der Waals surface area contributed by atoms with Gasteiger partial charge in [0.15, 0.2) is 5.69 Å². The lowest BCUT2D eigenvalue weighted by atomic mass is 9.97. The molecular weight excluding hydrogens is 481 g/mol. The predicted molar refractivity (Wildman–Crippen MR) is 140 cm³/mol. The van der Waals surface area contributed by atoms with E-state index in [9.17, 15) is 10.1 Å². The molecule has 3 aromatic rings. The molecule has 8 heteroatoms. The summed E-state index contributed by atoms with van der Waals surface area (Å²) < 4.78 is 1.67. The van der Waals surface area contributed by atoms with Crippen molar-refractivity contribution in [2.75, 3.05) is 19.6 Å². The molecule has 2 aliphatic heterocycles. The Morgan fingerprint density at radius 1 is 1.20 bits per heavy atom. The maximum atomic E-state index is 12.9. The highest BCUT2D eigenvalue weighted by molar-refractivity contribution is 6.35. The molecule has 1 unspecified atom stereocenters. The molecule has 1 saturated heterocycles. The molecule has 2 aliphatic rings. The highest BCUT2D eigenvalue weighted by Gasteiger charge is 2.27. The molecule has 1 amide bonds. The summed E-state index contributed by atoms with van der Waals surface area (Å²) in [6.07, 6.45) is 6.05. The van der Waals surface area contributed by atoms with Crippen molar-refractivity contribution in [2.24, 2.45) is 0 Å². The van der Waals surface area contributed by atoms with Crippen LogP contribution in [0.5, 0.6) is 0 Å². The first-order chi connectivity index (χ1) is 17.0. The van der Waals surface area contributed by atoms with Crippen molar-refractivity contribution in [3.05, 3.63) is 75.9 Å². The third kappa shape index (κ3) is 4.60. The van der Waals surface area contributed by atoms with E-state index >= 15 is 0 Å². The average Bonchev–Trinajstić information content (AvgIpc) is 3.26. The second-order valence-electron chi connectivity index (χ2n) is 8.94. The number of amides is 1. The van der Waals surface area contributed by atoms with Crippen molar-refractivity contribution in [1.29, 1.82) is 5.26 Å². The molecule has 1 aromatic heterocycles. The number of benzene rings is 2. The fourth-order valence-electron chi connectivity index (χ4n) is 4.86. The van der Waals surface area contributed by atoms with Gasteiger partial charge in [-0.25, -0.2) is 4.68 Å². The minimum atomic E-state index is -0.0560. The number of halogens is 2. The van der Waals surface area contributed by atoms with Crippen molar-refractivity contribution in [3.63, 3.8) is 0 Å². The average molecular weight is 506 g/mol. The third-order valence-corrected chi connectivity index (χ3v) is 7.33. The van der Waals surface area contributed by atoms with Gasteiger partial charge in [0.05, 0.1) is 22.3 Å². The first-order valence-electron chi connectivity index (χ1n) is 11.8. The topological polar surface area (TPSA) is 74.0 Å². The van der Waals surface area contributed by atoms with Crippen LogP contribution in [-0.2, 0) is 4.79 Å². The third-order valence-electron chi connectivity index (χ3n) is 6.78. The monoisotopic (exact) mass is 505 g/mol. The Morgan fingerprint density at radius 3 is 2.74 bits per heavy atom. The van der Waals surface area contributed by atoms with Gasteiger partial charge in [-0.3, -0.25) is 4.79 Å². The molecule has 0 saturated carbocycles. The van der Waals surface area contributed by atoms with Gasteiger partial charge in [0.25, 0.3) is 0 Å². The zero-order valence-electron chi connectivity index (χ0n) is 19.2. The number of fused-ring (bicyclic) bond motifs is 1. The second kappa shape index (κ2) is 9.87. The summed E-state index contributed by atoms with van der Waals surface area (Å²) in [5.74, 6) is 0.198. The second-order valence-corrected chi connectivity index (χ2v) is 9.78. The molecular formula is C27H25Cl2N5O. The van der Waals surface area contributed by atoms with E-state index in [1.165, 1.54) is 5.57 Å². The fraction of sp³-hybridized carbons (Fsp3) is 0.296. The number of hydrogen-bond donors (Lipinski definition) is 1. The Bertz CT molecular complexity index is 1390. The predicted octanol–water partition coefficient (Wildman–Crippen LogP) is 5.49. The van der Waals surface area contributed by atoms with Gasteiger partial charge >= 0.3 is 0 Å². The number of nitrogens with one attached hydrogen (secondary N) is 1. The maximum absolute atomic E-state index is 12.9. The normalized spacial score (nSPS) is 18.3. The first kappa shape index (κ1) is 23.6. The van der Waals surface area contributed by atoms with Gasteiger partial charge in [-0.05, 0) is 67.3 Å². The Morgan fingerprint density at radius 2 is 2.06 bits per heavy atom. The van der Waals surface area contributed by atoms with Crippen molar-refractivity contribution >= 4 is 51.3 Å². The summed E-state index contributed by atoms with van der Waals surface area (Å²) in [5.41, 5.74) is 4.57. The quantitative estimate of drug-likeness (QED) is 0.508. The molecule has 2 aromatic carbocycles. The summed E-state index contributed by atoms with van der Waals surface area (Å²) in [6.45, 7) is 6.40. The largest absolute Gasteiger partial charge is 0.337 e. The highest BCUT2D eigenvalue weighted by Crippen LogP contribution is 2.32. The summed E-state index contributed by atoms with van der Waals surface area (Å²) >= 11 is 12.5. The first-order valence-corrected chi connectivity index (χ1v) is 12.5. The molecule has 0 spiro atoms. The molecule has 5 rings (SSSR count). The number of nitrogens with zero attached hydrogens (tertiary/aromatic N) is 4. The van der Waals surface area contributed by atoms with Crippen LogP contribution in [0.25, 0.3) is 22.2 Å². The van der Waals surface area contributed by atoms with Crippen LogP contribution in [0.4, 0.5) is 0 Å². The standard InChI is InChI=1S/C27H25Cl2N5O/c1-17(21-8-6-20(28)15-23(21)29)34-26-14-19(5-7-22(26)25(16-30)32-34)18-9-12-33(13-10-18)27(35)24-4-2-3-11-31-24/h5-9,14-15,24,31H,1-4,10-13H2. The van der Waals surface area contributed by atoms with Crippen molar-refractivity contribution in [3.8, 4) is 6.07 Å².